The van der Waals surface area contributed by atoms with Gasteiger partial charge in [0.15, 0.2) is 0 Å². The summed E-state index contributed by atoms with van der Waals surface area (Å²) in [5.41, 5.74) is 6.67. The summed E-state index contributed by atoms with van der Waals surface area (Å²) < 4.78 is 0. The van der Waals surface area contributed by atoms with Gasteiger partial charge in [0, 0.05) is 31.0 Å². The van der Waals surface area contributed by atoms with E-state index >= 15 is 0 Å². The highest BCUT2D eigenvalue weighted by atomic mass is 32.2. The van der Waals surface area contributed by atoms with Crippen molar-refractivity contribution in [1.82, 2.24) is 0 Å². The summed E-state index contributed by atoms with van der Waals surface area (Å²) in [6.45, 7) is 1.73. The number of para-hydroxylation sites is 1. The molecule has 5 heteroatoms. The molecular formula is C12H19N3OS. The molecule has 1 rings (SSSR count). The molecule has 0 atom stereocenters. The Hall–Kier alpha value is -1.36. The van der Waals surface area contributed by atoms with E-state index in [1.54, 1.807) is 0 Å². The molecule has 0 aliphatic carbocycles. The van der Waals surface area contributed by atoms with E-state index in [2.05, 4.69) is 28.4 Å². The number of thioether (sulfide) groups is 1. The lowest BCUT2D eigenvalue weighted by molar-refractivity contribution is 0.317. The average Bonchev–Trinajstić information content (AvgIpc) is 2.39. The Morgan fingerprint density at radius 1 is 1.35 bits per heavy atom. The first kappa shape index (κ1) is 13.7. The Morgan fingerprint density at radius 2 is 2.06 bits per heavy atom. The molecule has 0 saturated heterocycles. The number of anilines is 1. The molecule has 0 heterocycles. The van der Waals surface area contributed by atoms with Gasteiger partial charge < -0.3 is 15.8 Å². The normalized spacial score (nSPS) is 11.5. The van der Waals surface area contributed by atoms with Crippen molar-refractivity contribution < 1.29 is 5.21 Å². The van der Waals surface area contributed by atoms with E-state index < -0.39 is 0 Å². The van der Waals surface area contributed by atoms with Crippen LogP contribution in [0.3, 0.4) is 0 Å². The average molecular weight is 253 g/mol. The van der Waals surface area contributed by atoms with E-state index in [0.29, 0.717) is 6.42 Å². The number of benzene rings is 1. The summed E-state index contributed by atoms with van der Waals surface area (Å²) >= 11 is 1.81. The van der Waals surface area contributed by atoms with Crippen LogP contribution in [-0.2, 0) is 0 Å². The summed E-state index contributed by atoms with van der Waals surface area (Å²) in [4.78, 5) is 2.24. The Labute approximate surface area is 106 Å². The molecule has 94 valence electrons. The molecule has 0 radical (unpaired) electrons. The van der Waals surface area contributed by atoms with E-state index in [9.17, 15) is 0 Å². The Morgan fingerprint density at radius 3 is 2.65 bits per heavy atom. The second kappa shape index (κ2) is 7.84. The van der Waals surface area contributed by atoms with E-state index in [1.807, 2.05) is 30.0 Å². The van der Waals surface area contributed by atoms with Crippen LogP contribution in [0.2, 0.25) is 0 Å². The van der Waals surface area contributed by atoms with Crippen molar-refractivity contribution in [3.05, 3.63) is 30.3 Å². The molecular weight excluding hydrogens is 234 g/mol. The quantitative estimate of drug-likeness (QED) is 0.338. The third-order valence-corrected chi connectivity index (χ3v) is 3.04. The first-order valence-corrected chi connectivity index (χ1v) is 6.92. The minimum atomic E-state index is 0.273. The molecule has 0 aliphatic rings. The van der Waals surface area contributed by atoms with Gasteiger partial charge in [-0.1, -0.05) is 23.4 Å². The SMILES string of the molecule is CSCCN(CC/C(N)=N/O)c1ccccc1. The lowest BCUT2D eigenvalue weighted by Crippen LogP contribution is -2.30. The predicted octanol–water partition coefficient (Wildman–Crippen LogP) is 1.99. The third kappa shape index (κ3) is 4.99. The molecule has 1 aromatic rings. The van der Waals surface area contributed by atoms with Crippen molar-refractivity contribution in [1.29, 1.82) is 0 Å². The topological polar surface area (TPSA) is 61.8 Å². The Balaban J connectivity index is 2.61. The summed E-state index contributed by atoms with van der Waals surface area (Å²) in [6, 6.07) is 10.2. The minimum absolute atomic E-state index is 0.273. The zero-order valence-electron chi connectivity index (χ0n) is 10.0. The maximum absolute atomic E-state index is 8.53. The predicted molar refractivity (Wildman–Crippen MR) is 75.1 cm³/mol. The number of oxime groups is 1. The van der Waals surface area contributed by atoms with Crippen molar-refractivity contribution in [2.24, 2.45) is 10.9 Å². The molecule has 0 unspecified atom stereocenters. The molecule has 0 aliphatic heterocycles. The fourth-order valence-corrected chi connectivity index (χ4v) is 1.91. The van der Waals surface area contributed by atoms with E-state index in [-0.39, 0.29) is 5.84 Å². The Bertz CT molecular complexity index is 343. The molecule has 0 amide bonds. The van der Waals surface area contributed by atoms with Crippen LogP contribution in [0.25, 0.3) is 0 Å². The van der Waals surface area contributed by atoms with Gasteiger partial charge in [-0.3, -0.25) is 0 Å². The Kier molecular flexibility index (Phi) is 6.32. The number of hydrogen-bond donors (Lipinski definition) is 2. The van der Waals surface area contributed by atoms with Crippen LogP contribution in [0.1, 0.15) is 6.42 Å². The first-order valence-electron chi connectivity index (χ1n) is 5.53. The zero-order chi connectivity index (χ0) is 12.5. The van der Waals surface area contributed by atoms with Gasteiger partial charge in [-0.05, 0) is 18.4 Å². The van der Waals surface area contributed by atoms with Gasteiger partial charge in [0.25, 0.3) is 0 Å². The van der Waals surface area contributed by atoms with E-state index in [4.69, 9.17) is 10.9 Å². The monoisotopic (exact) mass is 253 g/mol. The van der Waals surface area contributed by atoms with Gasteiger partial charge in [-0.15, -0.1) is 0 Å². The molecule has 17 heavy (non-hydrogen) atoms. The van der Waals surface area contributed by atoms with Crippen molar-refractivity contribution in [3.63, 3.8) is 0 Å². The molecule has 0 aromatic heterocycles. The highest BCUT2D eigenvalue weighted by Gasteiger charge is 2.06. The highest BCUT2D eigenvalue weighted by molar-refractivity contribution is 7.98. The van der Waals surface area contributed by atoms with Crippen LogP contribution in [0.4, 0.5) is 5.69 Å². The number of nitrogens with two attached hydrogens (primary N) is 1. The van der Waals surface area contributed by atoms with Crippen LogP contribution in [0.5, 0.6) is 0 Å². The number of amidine groups is 1. The second-order valence-electron chi connectivity index (χ2n) is 3.66. The molecule has 4 nitrogen and oxygen atoms in total. The molecule has 1 aromatic carbocycles. The van der Waals surface area contributed by atoms with Gasteiger partial charge in [0.1, 0.15) is 5.84 Å². The van der Waals surface area contributed by atoms with Gasteiger partial charge in [0.05, 0.1) is 0 Å². The second-order valence-corrected chi connectivity index (χ2v) is 4.64. The summed E-state index contributed by atoms with van der Waals surface area (Å²) in [6.07, 6.45) is 2.66. The molecule has 0 spiro atoms. The van der Waals surface area contributed by atoms with Crippen molar-refractivity contribution in [3.8, 4) is 0 Å². The van der Waals surface area contributed by atoms with Crippen LogP contribution in [-0.4, -0.2) is 36.1 Å². The van der Waals surface area contributed by atoms with E-state index in [1.165, 1.54) is 5.69 Å². The lowest BCUT2D eigenvalue weighted by Gasteiger charge is -2.24. The van der Waals surface area contributed by atoms with Crippen molar-refractivity contribution in [2.75, 3.05) is 30.0 Å². The lowest BCUT2D eigenvalue weighted by atomic mass is 10.2. The minimum Gasteiger partial charge on any atom is -0.409 e. The zero-order valence-corrected chi connectivity index (χ0v) is 10.9. The first-order chi connectivity index (χ1) is 8.27. The van der Waals surface area contributed by atoms with Gasteiger partial charge >= 0.3 is 0 Å². The van der Waals surface area contributed by atoms with Gasteiger partial charge in [-0.25, -0.2) is 0 Å². The van der Waals surface area contributed by atoms with Gasteiger partial charge in [-0.2, -0.15) is 11.8 Å². The standard InChI is InChI=1S/C12H19N3OS/c1-17-10-9-15(8-7-12(13)14-16)11-5-3-2-4-6-11/h2-6,16H,7-10H2,1H3,(H2,13,14). The fraction of sp³-hybridized carbons (Fsp3) is 0.417. The van der Waals surface area contributed by atoms with Crippen LogP contribution < -0.4 is 10.6 Å². The van der Waals surface area contributed by atoms with Crippen LogP contribution >= 0.6 is 11.8 Å². The summed E-state index contributed by atoms with van der Waals surface area (Å²) in [5.74, 6) is 1.33. The largest absolute Gasteiger partial charge is 0.409 e. The number of nitrogens with zero attached hydrogens (tertiary/aromatic N) is 2. The van der Waals surface area contributed by atoms with Crippen molar-refractivity contribution in [2.45, 2.75) is 6.42 Å². The highest BCUT2D eigenvalue weighted by Crippen LogP contribution is 2.14. The van der Waals surface area contributed by atoms with E-state index in [0.717, 1.165) is 18.8 Å². The fourth-order valence-electron chi connectivity index (χ4n) is 1.51. The maximum atomic E-state index is 8.53. The molecule has 0 saturated carbocycles. The molecule has 0 bridgehead atoms. The van der Waals surface area contributed by atoms with Crippen LogP contribution in [0, 0.1) is 0 Å². The van der Waals surface area contributed by atoms with Crippen LogP contribution in [0.15, 0.2) is 35.5 Å². The summed E-state index contributed by atoms with van der Waals surface area (Å²) in [5, 5.41) is 11.5. The summed E-state index contributed by atoms with van der Waals surface area (Å²) in [7, 11) is 0. The van der Waals surface area contributed by atoms with Crippen molar-refractivity contribution >= 4 is 23.3 Å². The molecule has 0 fully saturated rings. The van der Waals surface area contributed by atoms with Gasteiger partial charge in [0.2, 0.25) is 0 Å². The maximum Gasteiger partial charge on any atom is 0.140 e. The number of rotatable bonds is 7. The third-order valence-electron chi connectivity index (χ3n) is 2.45. The smallest absolute Gasteiger partial charge is 0.140 e. The number of hydrogen-bond acceptors (Lipinski definition) is 4. The molecule has 3 N–H and O–H groups in total.